The Balaban J connectivity index is 2.19. The number of pyridine rings is 1. The molecule has 0 aliphatic carbocycles. The van der Waals surface area contributed by atoms with E-state index in [1.807, 2.05) is 0 Å². The van der Waals surface area contributed by atoms with E-state index in [1.165, 1.54) is 18.6 Å². The van der Waals surface area contributed by atoms with Gasteiger partial charge >= 0.3 is 0 Å². The highest BCUT2D eigenvalue weighted by Crippen LogP contribution is 2.15. The molecule has 0 aromatic carbocycles. The fraction of sp³-hybridized carbons (Fsp3) is 0. The largest absolute Gasteiger partial charge is 0.319 e. The maximum absolute atomic E-state index is 11.7. The van der Waals surface area contributed by atoms with Gasteiger partial charge in [-0.05, 0) is 6.07 Å². The first-order valence-corrected chi connectivity index (χ1v) is 4.55. The van der Waals surface area contributed by atoms with Crippen LogP contribution >= 0.6 is 11.6 Å². The first kappa shape index (κ1) is 9.67. The Hall–Kier alpha value is -1.88. The van der Waals surface area contributed by atoms with E-state index in [9.17, 15) is 4.79 Å². The molecule has 0 saturated heterocycles. The van der Waals surface area contributed by atoms with Gasteiger partial charge in [0.05, 0.1) is 22.5 Å². The van der Waals surface area contributed by atoms with Crippen LogP contribution < -0.4 is 5.32 Å². The molecule has 0 unspecified atom stereocenters. The molecule has 0 spiro atoms. The number of aromatic amines is 1. The van der Waals surface area contributed by atoms with E-state index in [1.54, 1.807) is 12.3 Å². The van der Waals surface area contributed by atoms with Crippen LogP contribution in [0, 0.1) is 0 Å². The molecule has 0 fully saturated rings. The van der Waals surface area contributed by atoms with Crippen LogP contribution in [-0.4, -0.2) is 21.1 Å². The molecule has 6 heteroatoms. The summed E-state index contributed by atoms with van der Waals surface area (Å²) in [4.78, 5) is 15.5. The molecule has 2 aromatic rings. The Morgan fingerprint density at radius 3 is 3.00 bits per heavy atom. The van der Waals surface area contributed by atoms with Crippen LogP contribution in [0.5, 0.6) is 0 Å². The van der Waals surface area contributed by atoms with Gasteiger partial charge in [-0.15, -0.1) is 0 Å². The Kier molecular flexibility index (Phi) is 2.64. The Bertz CT molecular complexity index is 469. The molecule has 0 bridgehead atoms. The number of amides is 1. The zero-order valence-corrected chi connectivity index (χ0v) is 8.32. The molecular formula is C9H7ClN4O. The lowest BCUT2D eigenvalue weighted by molar-refractivity contribution is 0.102. The molecule has 0 aliphatic heterocycles. The van der Waals surface area contributed by atoms with Gasteiger partial charge < -0.3 is 5.32 Å². The number of carbonyl (C=O) groups is 1. The summed E-state index contributed by atoms with van der Waals surface area (Å²) in [6, 6.07) is 1.55. The normalized spacial score (nSPS) is 9.93. The number of H-pyrrole nitrogens is 1. The second kappa shape index (κ2) is 4.10. The summed E-state index contributed by atoms with van der Waals surface area (Å²) >= 11 is 5.81. The van der Waals surface area contributed by atoms with Crippen LogP contribution in [0.4, 0.5) is 5.69 Å². The molecular weight excluding hydrogens is 216 g/mol. The molecule has 0 atom stereocenters. The number of halogens is 1. The van der Waals surface area contributed by atoms with Gasteiger partial charge in [-0.25, -0.2) is 0 Å². The predicted molar refractivity (Wildman–Crippen MR) is 55.8 cm³/mol. The number of carbonyl (C=O) groups excluding carboxylic acids is 1. The van der Waals surface area contributed by atoms with Crippen molar-refractivity contribution >= 4 is 23.2 Å². The van der Waals surface area contributed by atoms with Crippen LogP contribution in [-0.2, 0) is 0 Å². The predicted octanol–water partition coefficient (Wildman–Crippen LogP) is 1.71. The Morgan fingerprint density at radius 2 is 2.33 bits per heavy atom. The molecule has 15 heavy (non-hydrogen) atoms. The van der Waals surface area contributed by atoms with Gasteiger partial charge in [0.25, 0.3) is 5.91 Å². The zero-order chi connectivity index (χ0) is 10.7. The van der Waals surface area contributed by atoms with Gasteiger partial charge in [0, 0.05) is 18.6 Å². The van der Waals surface area contributed by atoms with E-state index in [2.05, 4.69) is 20.5 Å². The monoisotopic (exact) mass is 222 g/mol. The standard InChI is InChI=1S/C9H7ClN4O/c10-8-5-11-2-1-7(8)9(15)14-6-3-12-13-4-6/h1-5H,(H,12,13)(H,14,15). The summed E-state index contributed by atoms with van der Waals surface area (Å²) in [5.41, 5.74) is 0.973. The lowest BCUT2D eigenvalue weighted by Crippen LogP contribution is -2.11. The third kappa shape index (κ3) is 2.13. The molecule has 5 nitrogen and oxygen atoms in total. The van der Waals surface area contributed by atoms with Crippen molar-refractivity contribution < 1.29 is 4.79 Å². The first-order valence-electron chi connectivity index (χ1n) is 4.17. The number of aromatic nitrogens is 3. The average Bonchev–Trinajstić information content (AvgIpc) is 2.71. The highest BCUT2D eigenvalue weighted by atomic mass is 35.5. The van der Waals surface area contributed by atoms with Crippen LogP contribution in [0.15, 0.2) is 30.9 Å². The van der Waals surface area contributed by atoms with E-state index < -0.39 is 0 Å². The fourth-order valence-corrected chi connectivity index (χ4v) is 1.28. The highest BCUT2D eigenvalue weighted by Gasteiger charge is 2.10. The third-order valence-corrected chi connectivity index (χ3v) is 2.07. The summed E-state index contributed by atoms with van der Waals surface area (Å²) in [6.07, 6.45) is 6.02. The van der Waals surface area contributed by atoms with Crippen LogP contribution in [0.2, 0.25) is 5.02 Å². The number of rotatable bonds is 2. The van der Waals surface area contributed by atoms with Crippen molar-refractivity contribution in [2.24, 2.45) is 0 Å². The number of nitrogens with zero attached hydrogens (tertiary/aromatic N) is 2. The maximum Gasteiger partial charge on any atom is 0.257 e. The second-order valence-electron chi connectivity index (χ2n) is 2.80. The molecule has 0 aliphatic rings. The zero-order valence-electron chi connectivity index (χ0n) is 7.57. The van der Waals surface area contributed by atoms with E-state index in [0.29, 0.717) is 16.3 Å². The topological polar surface area (TPSA) is 70.7 Å². The second-order valence-corrected chi connectivity index (χ2v) is 3.20. The van der Waals surface area contributed by atoms with Crippen molar-refractivity contribution in [2.45, 2.75) is 0 Å². The van der Waals surface area contributed by atoms with Gasteiger partial charge in [0.2, 0.25) is 0 Å². The molecule has 2 rings (SSSR count). The average molecular weight is 223 g/mol. The van der Waals surface area contributed by atoms with Gasteiger partial charge in [0.15, 0.2) is 0 Å². The molecule has 0 saturated carbocycles. The van der Waals surface area contributed by atoms with Crippen molar-refractivity contribution in [3.05, 3.63) is 41.4 Å². The van der Waals surface area contributed by atoms with Crippen LogP contribution in [0.3, 0.4) is 0 Å². The van der Waals surface area contributed by atoms with Crippen molar-refractivity contribution in [3.63, 3.8) is 0 Å². The summed E-state index contributed by atoms with van der Waals surface area (Å²) in [7, 11) is 0. The van der Waals surface area contributed by atoms with Crippen LogP contribution in [0.25, 0.3) is 0 Å². The SMILES string of the molecule is O=C(Nc1cn[nH]c1)c1ccncc1Cl. The van der Waals surface area contributed by atoms with Gasteiger partial charge in [-0.1, -0.05) is 11.6 Å². The molecule has 2 aromatic heterocycles. The third-order valence-electron chi connectivity index (χ3n) is 1.77. The minimum Gasteiger partial charge on any atom is -0.319 e. The van der Waals surface area contributed by atoms with Crippen molar-refractivity contribution in [1.82, 2.24) is 15.2 Å². The fourth-order valence-electron chi connectivity index (χ4n) is 1.08. The molecule has 2 N–H and O–H groups in total. The van der Waals surface area contributed by atoms with E-state index in [0.717, 1.165) is 0 Å². The maximum atomic E-state index is 11.7. The Morgan fingerprint density at radius 1 is 1.47 bits per heavy atom. The quantitative estimate of drug-likeness (QED) is 0.813. The van der Waals surface area contributed by atoms with E-state index >= 15 is 0 Å². The van der Waals surface area contributed by atoms with Gasteiger partial charge in [-0.3, -0.25) is 14.9 Å². The van der Waals surface area contributed by atoms with Crippen molar-refractivity contribution in [1.29, 1.82) is 0 Å². The summed E-state index contributed by atoms with van der Waals surface area (Å²) in [5.74, 6) is -0.288. The van der Waals surface area contributed by atoms with Crippen molar-refractivity contribution in [2.75, 3.05) is 5.32 Å². The van der Waals surface area contributed by atoms with Gasteiger partial charge in [-0.2, -0.15) is 5.10 Å². The minimum absolute atomic E-state index is 0.288. The van der Waals surface area contributed by atoms with Crippen LogP contribution in [0.1, 0.15) is 10.4 Å². The van der Waals surface area contributed by atoms with Crippen molar-refractivity contribution in [3.8, 4) is 0 Å². The number of nitrogens with one attached hydrogen (secondary N) is 2. The first-order chi connectivity index (χ1) is 7.27. The van der Waals surface area contributed by atoms with Gasteiger partial charge in [0.1, 0.15) is 0 Å². The molecule has 2 heterocycles. The lowest BCUT2D eigenvalue weighted by atomic mass is 10.2. The number of hydrogen-bond acceptors (Lipinski definition) is 3. The smallest absolute Gasteiger partial charge is 0.257 e. The summed E-state index contributed by atoms with van der Waals surface area (Å²) < 4.78 is 0. The Labute approximate surface area is 90.5 Å². The summed E-state index contributed by atoms with van der Waals surface area (Å²) in [5, 5.41) is 9.25. The number of hydrogen-bond donors (Lipinski definition) is 2. The highest BCUT2D eigenvalue weighted by molar-refractivity contribution is 6.34. The molecule has 76 valence electrons. The number of anilines is 1. The minimum atomic E-state index is -0.288. The molecule has 0 radical (unpaired) electrons. The van der Waals surface area contributed by atoms with E-state index in [4.69, 9.17) is 11.6 Å². The summed E-state index contributed by atoms with van der Waals surface area (Å²) in [6.45, 7) is 0. The van der Waals surface area contributed by atoms with E-state index in [-0.39, 0.29) is 5.91 Å². The lowest BCUT2D eigenvalue weighted by Gasteiger charge is -2.02. The molecule has 1 amide bonds.